The molecule has 0 heterocycles. The number of rotatable bonds is 4. The quantitative estimate of drug-likeness (QED) is 0.415. The molecule has 0 bridgehead atoms. The number of carbonyl (C=O) groups is 2. The molecule has 0 amide bonds. The van der Waals surface area contributed by atoms with Crippen LogP contribution in [0.1, 0.15) is 0 Å². The summed E-state index contributed by atoms with van der Waals surface area (Å²) >= 11 is 0. The number of hydrogen-bond donors (Lipinski definition) is 3. The molecule has 8 nitrogen and oxygen atoms in total. The van der Waals surface area contributed by atoms with E-state index in [1.54, 1.807) is 30.3 Å². The van der Waals surface area contributed by atoms with Crippen molar-refractivity contribution >= 4 is 17.6 Å². The smallest absolute Gasteiger partial charge is 0.328 e. The molecule has 0 spiro atoms. The van der Waals surface area contributed by atoms with Crippen molar-refractivity contribution < 1.29 is 24.8 Å². The van der Waals surface area contributed by atoms with E-state index >= 15 is 0 Å². The molecule has 0 fully saturated rings. The summed E-state index contributed by atoms with van der Waals surface area (Å²) in [5.41, 5.74) is 2.52. The van der Waals surface area contributed by atoms with Crippen LogP contribution in [0.3, 0.4) is 0 Å². The molecule has 0 aliphatic rings. The van der Waals surface area contributed by atoms with Gasteiger partial charge in [0.05, 0.1) is 0 Å². The van der Waals surface area contributed by atoms with E-state index in [0.29, 0.717) is 17.8 Å². The topological polar surface area (TPSA) is 130 Å². The second-order valence-corrected chi connectivity index (χ2v) is 2.74. The fourth-order valence-electron chi connectivity index (χ4n) is 0.761. The molecule has 3 N–H and O–H groups in total. The average Bonchev–Trinajstić information content (AvgIpc) is 2.28. The molecular formula is C10H10N2O6. The highest BCUT2D eigenvalue weighted by molar-refractivity contribution is 5.89. The van der Waals surface area contributed by atoms with Gasteiger partial charge in [0.1, 0.15) is 5.69 Å². The summed E-state index contributed by atoms with van der Waals surface area (Å²) < 4.78 is 0. The molecule has 8 heteroatoms. The number of anilines is 1. The lowest BCUT2D eigenvalue weighted by Crippen LogP contribution is -2.06. The van der Waals surface area contributed by atoms with E-state index < -0.39 is 17.0 Å². The number of nitrogens with zero attached hydrogens (tertiary/aromatic N) is 1. The summed E-state index contributed by atoms with van der Waals surface area (Å²) in [5, 5.41) is 24.9. The van der Waals surface area contributed by atoms with Gasteiger partial charge in [-0.25, -0.2) is 19.7 Å². The minimum atomic E-state index is -1.26. The first-order valence-corrected chi connectivity index (χ1v) is 4.52. The first kappa shape index (κ1) is 15.1. The summed E-state index contributed by atoms with van der Waals surface area (Å²) in [7, 11) is 0. The highest BCUT2D eigenvalue weighted by Crippen LogP contribution is 2.03. The van der Waals surface area contributed by atoms with E-state index in [2.05, 4.69) is 0 Å². The van der Waals surface area contributed by atoms with Crippen molar-refractivity contribution in [3.63, 3.8) is 0 Å². The van der Waals surface area contributed by atoms with Gasteiger partial charge in [0.2, 0.25) is 0 Å². The van der Waals surface area contributed by atoms with Gasteiger partial charge in [0.25, 0.3) is 0 Å². The van der Waals surface area contributed by atoms with E-state index in [1.165, 1.54) is 0 Å². The van der Waals surface area contributed by atoms with E-state index in [0.717, 1.165) is 0 Å². The maximum Gasteiger partial charge on any atom is 0.328 e. The number of hydrogen-bond acceptors (Lipinski definition) is 4. The Kier molecular flexibility index (Phi) is 6.94. The lowest BCUT2D eigenvalue weighted by Gasteiger charge is -1.93. The molecule has 0 radical (unpaired) electrons. The number of nitro groups is 1. The van der Waals surface area contributed by atoms with Crippen molar-refractivity contribution in [1.29, 1.82) is 0 Å². The first-order chi connectivity index (χ1) is 8.41. The summed E-state index contributed by atoms with van der Waals surface area (Å²) in [4.78, 5) is 29.0. The Balaban J connectivity index is 0.000000331. The molecule has 1 rings (SSSR count). The number of hydrazine groups is 1. The first-order valence-electron chi connectivity index (χ1n) is 4.52. The Bertz CT molecular complexity index is 427. The number of carboxylic acid groups (broad SMARTS) is 2. The second-order valence-electron chi connectivity index (χ2n) is 2.74. The van der Waals surface area contributed by atoms with Crippen molar-refractivity contribution in [2.75, 3.05) is 5.43 Å². The Morgan fingerprint density at radius 2 is 1.56 bits per heavy atom. The van der Waals surface area contributed by atoms with Crippen molar-refractivity contribution in [3.05, 3.63) is 52.6 Å². The van der Waals surface area contributed by atoms with Gasteiger partial charge in [-0.2, -0.15) is 0 Å². The van der Waals surface area contributed by atoms with Crippen LogP contribution in [0.15, 0.2) is 42.5 Å². The van der Waals surface area contributed by atoms with Crippen LogP contribution in [0.25, 0.3) is 0 Å². The summed E-state index contributed by atoms with van der Waals surface area (Å²) in [6, 6.07) is 8.51. The van der Waals surface area contributed by atoms with Gasteiger partial charge in [0.15, 0.2) is 5.03 Å². The van der Waals surface area contributed by atoms with E-state index in [4.69, 9.17) is 10.2 Å². The number of para-hydroxylation sites is 1. The van der Waals surface area contributed by atoms with Crippen LogP contribution in [0.2, 0.25) is 0 Å². The van der Waals surface area contributed by atoms with Crippen LogP contribution in [-0.2, 0) is 9.59 Å². The number of carboxylic acids is 2. The van der Waals surface area contributed by atoms with Crippen LogP contribution >= 0.6 is 0 Å². The Morgan fingerprint density at radius 3 is 1.89 bits per heavy atom. The molecule has 0 saturated carbocycles. The minimum Gasteiger partial charge on any atom is -0.478 e. The summed E-state index contributed by atoms with van der Waals surface area (Å²) in [5.74, 6) is -2.51. The predicted molar refractivity (Wildman–Crippen MR) is 61.5 cm³/mol. The Labute approximate surface area is 101 Å². The standard InChI is InChI=1S/C6H6N2O2.C4H4O4/c9-8(10)7-6-4-2-1-3-5-6;5-3(6)1-2-4(7)8/h1-5,7H;1-2H,(H,5,6)(H,7,8)/b;2-1-. The normalized spacial score (nSPS) is 9.11. The molecule has 0 atom stereocenters. The third-order valence-corrected chi connectivity index (χ3v) is 1.36. The van der Waals surface area contributed by atoms with Crippen molar-refractivity contribution in [2.45, 2.75) is 0 Å². The zero-order chi connectivity index (χ0) is 14.0. The lowest BCUT2D eigenvalue weighted by molar-refractivity contribution is -0.445. The van der Waals surface area contributed by atoms with Crippen molar-refractivity contribution in [1.82, 2.24) is 0 Å². The largest absolute Gasteiger partial charge is 0.478 e. The second kappa shape index (κ2) is 8.28. The van der Waals surface area contributed by atoms with Crippen molar-refractivity contribution in [2.24, 2.45) is 0 Å². The third-order valence-electron chi connectivity index (χ3n) is 1.36. The van der Waals surface area contributed by atoms with Gasteiger partial charge in [-0.3, -0.25) is 0 Å². The number of aliphatic carboxylic acids is 2. The van der Waals surface area contributed by atoms with Gasteiger partial charge < -0.3 is 10.2 Å². The van der Waals surface area contributed by atoms with Crippen LogP contribution in [0.4, 0.5) is 5.69 Å². The lowest BCUT2D eigenvalue weighted by atomic mass is 10.3. The number of benzene rings is 1. The zero-order valence-corrected chi connectivity index (χ0v) is 9.02. The molecule has 1 aromatic carbocycles. The Morgan fingerprint density at radius 1 is 1.11 bits per heavy atom. The SMILES string of the molecule is O=C(O)/C=C\C(=O)O.O=[N+]([O-])Nc1ccccc1. The fourth-order valence-corrected chi connectivity index (χ4v) is 0.761. The van der Waals surface area contributed by atoms with E-state index in [-0.39, 0.29) is 0 Å². The van der Waals surface area contributed by atoms with Gasteiger partial charge >= 0.3 is 11.9 Å². The van der Waals surface area contributed by atoms with Gasteiger partial charge in [-0.05, 0) is 12.1 Å². The molecule has 0 aromatic heterocycles. The van der Waals surface area contributed by atoms with E-state index in [1.807, 2.05) is 5.43 Å². The highest BCUT2D eigenvalue weighted by Gasteiger charge is 1.93. The minimum absolute atomic E-state index is 0.493. The monoisotopic (exact) mass is 254 g/mol. The summed E-state index contributed by atoms with van der Waals surface area (Å²) in [6.45, 7) is 0. The molecule has 0 saturated heterocycles. The van der Waals surface area contributed by atoms with Crippen LogP contribution < -0.4 is 5.43 Å². The molecule has 18 heavy (non-hydrogen) atoms. The maximum atomic E-state index is 9.86. The van der Waals surface area contributed by atoms with Gasteiger partial charge in [-0.15, -0.1) is 5.43 Å². The Hall–Kier alpha value is -2.90. The predicted octanol–water partition coefficient (Wildman–Crippen LogP) is 1.00. The van der Waals surface area contributed by atoms with Crippen LogP contribution in [0, 0.1) is 10.1 Å². The molecule has 1 aromatic rings. The van der Waals surface area contributed by atoms with Crippen LogP contribution in [0.5, 0.6) is 0 Å². The van der Waals surface area contributed by atoms with Gasteiger partial charge in [-0.1, -0.05) is 18.2 Å². The zero-order valence-electron chi connectivity index (χ0n) is 9.02. The van der Waals surface area contributed by atoms with Crippen molar-refractivity contribution in [3.8, 4) is 0 Å². The fraction of sp³-hybridized carbons (Fsp3) is 0. The number of nitrogens with one attached hydrogen (secondary N) is 1. The van der Waals surface area contributed by atoms with E-state index in [9.17, 15) is 19.7 Å². The maximum absolute atomic E-state index is 9.86. The molecule has 0 aliphatic heterocycles. The van der Waals surface area contributed by atoms with Gasteiger partial charge in [0, 0.05) is 12.2 Å². The third kappa shape index (κ3) is 9.65. The summed E-state index contributed by atoms with van der Waals surface area (Å²) in [6.07, 6.45) is 1.12. The average molecular weight is 254 g/mol. The highest BCUT2D eigenvalue weighted by atomic mass is 16.7. The molecule has 0 aliphatic carbocycles. The molecule has 0 unspecified atom stereocenters. The molecule has 96 valence electrons. The molecular weight excluding hydrogens is 244 g/mol. The van der Waals surface area contributed by atoms with Crippen LogP contribution in [-0.4, -0.2) is 27.2 Å².